The first-order valence-corrected chi connectivity index (χ1v) is 5.25. The van der Waals surface area contributed by atoms with Crippen molar-refractivity contribution in [3.63, 3.8) is 0 Å². The van der Waals surface area contributed by atoms with Crippen LogP contribution in [0.25, 0.3) is 0 Å². The molecule has 0 atom stereocenters. The molecule has 0 aromatic rings. The summed E-state index contributed by atoms with van der Waals surface area (Å²) in [4.78, 5) is 13.1. The fourth-order valence-electron chi connectivity index (χ4n) is 2.01. The highest BCUT2D eigenvalue weighted by Crippen LogP contribution is 2.21. The number of rotatable bonds is 3. The maximum absolute atomic E-state index is 11.2. The van der Waals surface area contributed by atoms with Crippen LogP contribution in [-0.2, 0) is 4.79 Å². The first-order valence-electron chi connectivity index (χ1n) is 5.25. The Hall–Kier alpha value is -0.570. The third kappa shape index (κ3) is 2.99. The van der Waals surface area contributed by atoms with Crippen molar-refractivity contribution in [2.45, 2.75) is 32.6 Å². The first-order chi connectivity index (χ1) is 6.27. The van der Waals surface area contributed by atoms with Gasteiger partial charge in [0.15, 0.2) is 0 Å². The molecule has 1 fully saturated rings. The first kappa shape index (κ1) is 10.5. The molecule has 2 N–H and O–H groups in total. The fourth-order valence-corrected chi connectivity index (χ4v) is 2.01. The molecule has 3 nitrogen and oxygen atoms in total. The molecule has 1 saturated heterocycles. The summed E-state index contributed by atoms with van der Waals surface area (Å²) in [5.41, 5.74) is 5.30. The van der Waals surface area contributed by atoms with Crippen LogP contribution < -0.4 is 5.73 Å². The van der Waals surface area contributed by atoms with E-state index in [0.29, 0.717) is 0 Å². The molecule has 1 aliphatic heterocycles. The zero-order valence-electron chi connectivity index (χ0n) is 8.46. The van der Waals surface area contributed by atoms with Crippen molar-refractivity contribution in [2.75, 3.05) is 19.6 Å². The standard InChI is InChI=1S/C10H20N2O/c1-2-3-9-4-6-12(7-5-9)10(13)8-11/h9H,2-8,11H2,1H3. The minimum Gasteiger partial charge on any atom is -0.342 e. The van der Waals surface area contributed by atoms with Gasteiger partial charge in [0, 0.05) is 13.1 Å². The second-order valence-corrected chi connectivity index (χ2v) is 3.82. The van der Waals surface area contributed by atoms with E-state index < -0.39 is 0 Å². The molecule has 0 aromatic carbocycles. The van der Waals surface area contributed by atoms with Gasteiger partial charge < -0.3 is 10.6 Å². The summed E-state index contributed by atoms with van der Waals surface area (Å²) in [5, 5.41) is 0. The van der Waals surface area contributed by atoms with Gasteiger partial charge in [0.25, 0.3) is 0 Å². The van der Waals surface area contributed by atoms with Crippen LogP contribution in [0.1, 0.15) is 32.6 Å². The zero-order valence-corrected chi connectivity index (χ0v) is 8.46. The van der Waals surface area contributed by atoms with Gasteiger partial charge in [0.1, 0.15) is 0 Å². The number of likely N-dealkylation sites (tertiary alicyclic amines) is 1. The van der Waals surface area contributed by atoms with Crippen LogP contribution in [0, 0.1) is 5.92 Å². The van der Waals surface area contributed by atoms with Crippen LogP contribution >= 0.6 is 0 Å². The summed E-state index contributed by atoms with van der Waals surface area (Å²) < 4.78 is 0. The highest BCUT2D eigenvalue weighted by Gasteiger charge is 2.20. The maximum atomic E-state index is 11.2. The minimum atomic E-state index is 0.106. The largest absolute Gasteiger partial charge is 0.342 e. The van der Waals surface area contributed by atoms with Gasteiger partial charge in [0.2, 0.25) is 5.91 Å². The summed E-state index contributed by atoms with van der Waals surface area (Å²) in [7, 11) is 0. The van der Waals surface area contributed by atoms with E-state index in [-0.39, 0.29) is 12.5 Å². The summed E-state index contributed by atoms with van der Waals surface area (Å²) in [5.74, 6) is 0.946. The Morgan fingerprint density at radius 3 is 2.54 bits per heavy atom. The predicted octanol–water partition coefficient (Wildman–Crippen LogP) is 0.984. The molecule has 0 aliphatic carbocycles. The molecule has 1 rings (SSSR count). The van der Waals surface area contributed by atoms with Crippen molar-refractivity contribution in [2.24, 2.45) is 11.7 Å². The Kier molecular flexibility index (Phi) is 4.22. The Balaban J connectivity index is 2.26. The number of carbonyl (C=O) groups is 1. The number of nitrogens with zero attached hydrogens (tertiary/aromatic N) is 1. The molecular weight excluding hydrogens is 164 g/mol. The number of hydrogen-bond acceptors (Lipinski definition) is 2. The molecule has 0 spiro atoms. The SMILES string of the molecule is CCCC1CCN(C(=O)CN)CC1. The molecule has 1 heterocycles. The van der Waals surface area contributed by atoms with Gasteiger partial charge in [0.05, 0.1) is 6.54 Å². The smallest absolute Gasteiger partial charge is 0.236 e. The third-order valence-corrected chi connectivity index (χ3v) is 2.84. The molecule has 0 aromatic heterocycles. The van der Waals surface area contributed by atoms with Crippen molar-refractivity contribution in [1.82, 2.24) is 4.90 Å². The van der Waals surface area contributed by atoms with Gasteiger partial charge in [-0.25, -0.2) is 0 Å². The molecule has 1 amide bonds. The molecule has 0 radical (unpaired) electrons. The van der Waals surface area contributed by atoms with Crippen LogP contribution in [0.3, 0.4) is 0 Å². The molecular formula is C10H20N2O. The summed E-state index contributed by atoms with van der Waals surface area (Å²) in [6.07, 6.45) is 4.90. The van der Waals surface area contributed by atoms with E-state index in [0.717, 1.165) is 19.0 Å². The second kappa shape index (κ2) is 5.22. The number of nitrogens with two attached hydrogens (primary N) is 1. The van der Waals surface area contributed by atoms with Crippen LogP contribution in [0.4, 0.5) is 0 Å². The topological polar surface area (TPSA) is 46.3 Å². The fraction of sp³-hybridized carbons (Fsp3) is 0.900. The van der Waals surface area contributed by atoms with E-state index in [9.17, 15) is 4.79 Å². The van der Waals surface area contributed by atoms with Crippen molar-refractivity contribution in [3.8, 4) is 0 Å². The van der Waals surface area contributed by atoms with Crippen molar-refractivity contribution < 1.29 is 4.79 Å². The van der Waals surface area contributed by atoms with E-state index >= 15 is 0 Å². The normalized spacial score (nSPS) is 19.1. The monoisotopic (exact) mass is 184 g/mol. The number of carbonyl (C=O) groups excluding carboxylic acids is 1. The average Bonchev–Trinajstić information content (AvgIpc) is 2.18. The minimum absolute atomic E-state index is 0.106. The molecule has 76 valence electrons. The van der Waals surface area contributed by atoms with Gasteiger partial charge in [-0.15, -0.1) is 0 Å². The molecule has 0 bridgehead atoms. The van der Waals surface area contributed by atoms with Crippen LogP contribution in [-0.4, -0.2) is 30.4 Å². The van der Waals surface area contributed by atoms with E-state index in [4.69, 9.17) is 5.73 Å². The lowest BCUT2D eigenvalue weighted by atomic mass is 9.92. The highest BCUT2D eigenvalue weighted by molar-refractivity contribution is 5.78. The summed E-state index contributed by atoms with van der Waals surface area (Å²) in [6.45, 7) is 4.22. The third-order valence-electron chi connectivity index (χ3n) is 2.84. The van der Waals surface area contributed by atoms with Crippen molar-refractivity contribution in [1.29, 1.82) is 0 Å². The Morgan fingerprint density at radius 2 is 2.08 bits per heavy atom. The lowest BCUT2D eigenvalue weighted by Gasteiger charge is -2.31. The summed E-state index contributed by atoms with van der Waals surface area (Å²) >= 11 is 0. The second-order valence-electron chi connectivity index (χ2n) is 3.82. The van der Waals surface area contributed by atoms with Crippen LogP contribution in [0.5, 0.6) is 0 Å². The van der Waals surface area contributed by atoms with E-state index in [2.05, 4.69) is 6.92 Å². The van der Waals surface area contributed by atoms with Gasteiger partial charge in [-0.3, -0.25) is 4.79 Å². The number of hydrogen-bond donors (Lipinski definition) is 1. The average molecular weight is 184 g/mol. The lowest BCUT2D eigenvalue weighted by molar-refractivity contribution is -0.131. The lowest BCUT2D eigenvalue weighted by Crippen LogP contribution is -2.41. The van der Waals surface area contributed by atoms with E-state index in [1.807, 2.05) is 4.90 Å². The van der Waals surface area contributed by atoms with Gasteiger partial charge in [-0.2, -0.15) is 0 Å². The van der Waals surface area contributed by atoms with Crippen LogP contribution in [0.15, 0.2) is 0 Å². The number of amides is 1. The Labute approximate surface area is 80.3 Å². The van der Waals surface area contributed by atoms with E-state index in [1.165, 1.54) is 25.7 Å². The van der Waals surface area contributed by atoms with Crippen molar-refractivity contribution >= 4 is 5.91 Å². The van der Waals surface area contributed by atoms with E-state index in [1.54, 1.807) is 0 Å². The Morgan fingerprint density at radius 1 is 1.46 bits per heavy atom. The molecule has 1 aliphatic rings. The predicted molar refractivity (Wildman–Crippen MR) is 53.3 cm³/mol. The Bertz CT molecular complexity index is 162. The van der Waals surface area contributed by atoms with Gasteiger partial charge >= 0.3 is 0 Å². The molecule has 13 heavy (non-hydrogen) atoms. The molecule has 3 heteroatoms. The maximum Gasteiger partial charge on any atom is 0.236 e. The number of piperidine rings is 1. The molecule has 0 saturated carbocycles. The molecule has 0 unspecified atom stereocenters. The summed E-state index contributed by atoms with van der Waals surface area (Å²) in [6, 6.07) is 0. The van der Waals surface area contributed by atoms with Crippen molar-refractivity contribution in [3.05, 3.63) is 0 Å². The van der Waals surface area contributed by atoms with Gasteiger partial charge in [-0.05, 0) is 18.8 Å². The zero-order chi connectivity index (χ0) is 9.68. The quantitative estimate of drug-likeness (QED) is 0.711. The highest BCUT2D eigenvalue weighted by atomic mass is 16.2. The van der Waals surface area contributed by atoms with Crippen LogP contribution in [0.2, 0.25) is 0 Å². The van der Waals surface area contributed by atoms with Gasteiger partial charge in [-0.1, -0.05) is 19.8 Å².